The van der Waals surface area contributed by atoms with Gasteiger partial charge >= 0.3 is 0 Å². The van der Waals surface area contributed by atoms with E-state index in [0.29, 0.717) is 18.0 Å². The Morgan fingerprint density at radius 3 is 2.55 bits per heavy atom. The second-order valence-electron chi connectivity index (χ2n) is 5.06. The number of nitrogens with zero attached hydrogens (tertiary/aromatic N) is 1. The van der Waals surface area contributed by atoms with Crippen molar-refractivity contribution in [3.8, 4) is 0 Å². The summed E-state index contributed by atoms with van der Waals surface area (Å²) >= 11 is 2.18. The van der Waals surface area contributed by atoms with Gasteiger partial charge in [-0.05, 0) is 66.2 Å². The van der Waals surface area contributed by atoms with Gasteiger partial charge in [-0.3, -0.25) is 0 Å². The SMILES string of the molecule is CCN(CC1CCCCN1)S(=O)(=O)c1ccc(I)cc1. The lowest BCUT2D eigenvalue weighted by Crippen LogP contribution is -2.45. The van der Waals surface area contributed by atoms with Crippen molar-refractivity contribution in [1.29, 1.82) is 0 Å². The van der Waals surface area contributed by atoms with Crippen LogP contribution >= 0.6 is 22.6 Å². The fourth-order valence-electron chi connectivity index (χ4n) is 2.48. The number of benzene rings is 1. The summed E-state index contributed by atoms with van der Waals surface area (Å²) in [6.45, 7) is 3.95. The molecule has 0 saturated carbocycles. The molecule has 4 nitrogen and oxygen atoms in total. The predicted molar refractivity (Wildman–Crippen MR) is 89.2 cm³/mol. The number of nitrogens with one attached hydrogen (secondary N) is 1. The van der Waals surface area contributed by atoms with Gasteiger partial charge in [0.05, 0.1) is 4.90 Å². The number of piperidine rings is 1. The second kappa shape index (κ2) is 7.20. The lowest BCUT2D eigenvalue weighted by Gasteiger charge is -2.29. The fraction of sp³-hybridized carbons (Fsp3) is 0.571. The van der Waals surface area contributed by atoms with Gasteiger partial charge in [0.2, 0.25) is 10.0 Å². The molecule has 1 saturated heterocycles. The first-order valence-corrected chi connectivity index (χ1v) is 9.55. The van der Waals surface area contributed by atoms with Crippen LogP contribution in [0.4, 0.5) is 0 Å². The summed E-state index contributed by atoms with van der Waals surface area (Å²) in [6.07, 6.45) is 3.42. The molecule has 1 heterocycles. The molecule has 0 aliphatic carbocycles. The average molecular weight is 408 g/mol. The first-order chi connectivity index (χ1) is 9.54. The van der Waals surface area contributed by atoms with Crippen LogP contribution in [0.15, 0.2) is 29.2 Å². The van der Waals surface area contributed by atoms with Gasteiger partial charge in [0.25, 0.3) is 0 Å². The summed E-state index contributed by atoms with van der Waals surface area (Å²) in [4.78, 5) is 0.385. The van der Waals surface area contributed by atoms with E-state index in [2.05, 4.69) is 27.9 Å². The van der Waals surface area contributed by atoms with Crippen LogP contribution < -0.4 is 5.32 Å². The number of sulfonamides is 1. The monoisotopic (exact) mass is 408 g/mol. The quantitative estimate of drug-likeness (QED) is 0.762. The number of hydrogen-bond donors (Lipinski definition) is 1. The van der Waals surface area contributed by atoms with E-state index in [1.54, 1.807) is 16.4 Å². The van der Waals surface area contributed by atoms with Gasteiger partial charge in [-0.2, -0.15) is 4.31 Å². The molecule has 112 valence electrons. The zero-order valence-electron chi connectivity index (χ0n) is 11.7. The molecule has 1 N–H and O–H groups in total. The first kappa shape index (κ1) is 16.2. The highest BCUT2D eigenvalue weighted by molar-refractivity contribution is 14.1. The third-order valence-electron chi connectivity index (χ3n) is 3.64. The van der Waals surface area contributed by atoms with Crippen molar-refractivity contribution >= 4 is 32.6 Å². The second-order valence-corrected chi connectivity index (χ2v) is 8.24. The van der Waals surface area contributed by atoms with Crippen molar-refractivity contribution in [3.63, 3.8) is 0 Å². The van der Waals surface area contributed by atoms with Gasteiger partial charge < -0.3 is 5.32 Å². The molecule has 0 spiro atoms. The molecule has 1 unspecified atom stereocenters. The summed E-state index contributed by atoms with van der Waals surface area (Å²) in [6, 6.07) is 7.32. The van der Waals surface area contributed by atoms with E-state index < -0.39 is 10.0 Å². The Labute approximate surface area is 135 Å². The molecular weight excluding hydrogens is 387 g/mol. The third kappa shape index (κ3) is 3.93. The molecular formula is C14H21IN2O2S. The van der Waals surface area contributed by atoms with E-state index in [1.165, 1.54) is 12.8 Å². The zero-order chi connectivity index (χ0) is 14.6. The van der Waals surface area contributed by atoms with E-state index in [0.717, 1.165) is 16.5 Å². The first-order valence-electron chi connectivity index (χ1n) is 7.03. The average Bonchev–Trinajstić information content (AvgIpc) is 2.46. The topological polar surface area (TPSA) is 49.4 Å². The lowest BCUT2D eigenvalue weighted by atomic mass is 10.1. The summed E-state index contributed by atoms with van der Waals surface area (Å²) in [5.41, 5.74) is 0. The molecule has 20 heavy (non-hydrogen) atoms. The van der Waals surface area contributed by atoms with Crippen LogP contribution in [-0.4, -0.2) is 38.4 Å². The summed E-state index contributed by atoms with van der Waals surface area (Å²) in [7, 11) is -3.38. The van der Waals surface area contributed by atoms with Crippen molar-refractivity contribution in [2.75, 3.05) is 19.6 Å². The largest absolute Gasteiger partial charge is 0.313 e. The molecule has 0 bridgehead atoms. The Morgan fingerprint density at radius 1 is 1.30 bits per heavy atom. The number of likely N-dealkylation sites (N-methyl/N-ethyl adjacent to an activating group) is 1. The third-order valence-corrected chi connectivity index (χ3v) is 6.31. The van der Waals surface area contributed by atoms with E-state index in [4.69, 9.17) is 0 Å². The van der Waals surface area contributed by atoms with Crippen LogP contribution in [0.3, 0.4) is 0 Å². The molecule has 1 aromatic carbocycles. The minimum atomic E-state index is -3.38. The van der Waals surface area contributed by atoms with E-state index in [9.17, 15) is 8.42 Å². The summed E-state index contributed by atoms with van der Waals surface area (Å²) < 4.78 is 27.9. The van der Waals surface area contributed by atoms with Crippen molar-refractivity contribution in [3.05, 3.63) is 27.8 Å². The van der Waals surface area contributed by atoms with E-state index in [-0.39, 0.29) is 6.04 Å². The molecule has 0 aromatic heterocycles. The van der Waals surface area contributed by atoms with E-state index >= 15 is 0 Å². The van der Waals surface area contributed by atoms with Gasteiger partial charge in [-0.25, -0.2) is 8.42 Å². The standard InChI is InChI=1S/C14H21IN2O2S/c1-2-17(11-13-5-3-4-10-16-13)20(18,19)14-8-6-12(15)7-9-14/h6-9,13,16H,2-5,10-11H2,1H3. The van der Waals surface area contributed by atoms with Crippen molar-refractivity contribution < 1.29 is 8.42 Å². The smallest absolute Gasteiger partial charge is 0.243 e. The molecule has 1 atom stereocenters. The van der Waals surface area contributed by atoms with Gasteiger partial charge in [-0.1, -0.05) is 13.3 Å². The van der Waals surface area contributed by atoms with Crippen LogP contribution in [0, 0.1) is 3.57 Å². The molecule has 1 fully saturated rings. The van der Waals surface area contributed by atoms with Gasteiger partial charge in [0.1, 0.15) is 0 Å². The van der Waals surface area contributed by atoms with Crippen molar-refractivity contribution in [2.45, 2.75) is 37.1 Å². The molecule has 1 aromatic rings. The van der Waals surface area contributed by atoms with Crippen LogP contribution in [0.2, 0.25) is 0 Å². The van der Waals surface area contributed by atoms with Crippen LogP contribution in [0.25, 0.3) is 0 Å². The highest BCUT2D eigenvalue weighted by Gasteiger charge is 2.26. The molecule has 6 heteroatoms. The normalized spacial score (nSPS) is 20.2. The molecule has 2 rings (SSSR count). The molecule has 0 radical (unpaired) electrons. The van der Waals surface area contributed by atoms with Crippen LogP contribution in [-0.2, 0) is 10.0 Å². The molecule has 0 amide bonds. The van der Waals surface area contributed by atoms with Crippen molar-refractivity contribution in [2.24, 2.45) is 0 Å². The van der Waals surface area contributed by atoms with Crippen LogP contribution in [0.1, 0.15) is 26.2 Å². The Balaban J connectivity index is 2.14. The molecule has 1 aliphatic rings. The van der Waals surface area contributed by atoms with E-state index in [1.807, 2.05) is 19.1 Å². The van der Waals surface area contributed by atoms with Gasteiger partial charge in [-0.15, -0.1) is 0 Å². The molecule has 1 aliphatic heterocycles. The Bertz CT molecular complexity index is 525. The lowest BCUT2D eigenvalue weighted by molar-refractivity contribution is 0.319. The maximum absolute atomic E-state index is 12.6. The Morgan fingerprint density at radius 2 is 2.00 bits per heavy atom. The van der Waals surface area contributed by atoms with Gasteiger partial charge in [0.15, 0.2) is 0 Å². The highest BCUT2D eigenvalue weighted by atomic mass is 127. The Kier molecular flexibility index (Phi) is 5.83. The maximum atomic E-state index is 12.6. The number of hydrogen-bond acceptors (Lipinski definition) is 3. The predicted octanol–water partition coefficient (Wildman–Crippen LogP) is 2.44. The zero-order valence-corrected chi connectivity index (χ0v) is 14.7. The summed E-state index contributed by atoms with van der Waals surface area (Å²) in [5.74, 6) is 0. The minimum absolute atomic E-state index is 0.280. The maximum Gasteiger partial charge on any atom is 0.243 e. The van der Waals surface area contributed by atoms with Crippen molar-refractivity contribution in [1.82, 2.24) is 9.62 Å². The fourth-order valence-corrected chi connectivity index (χ4v) is 4.33. The highest BCUT2D eigenvalue weighted by Crippen LogP contribution is 2.19. The number of rotatable bonds is 5. The number of halogens is 1. The minimum Gasteiger partial charge on any atom is -0.313 e. The summed E-state index contributed by atoms with van der Waals surface area (Å²) in [5, 5.41) is 3.41. The Hall–Kier alpha value is -0.180. The van der Waals surface area contributed by atoms with Gasteiger partial charge in [0, 0.05) is 22.7 Å². The van der Waals surface area contributed by atoms with Crippen LogP contribution in [0.5, 0.6) is 0 Å².